The van der Waals surface area contributed by atoms with Crippen LogP contribution in [-0.4, -0.2) is 24.0 Å². The van der Waals surface area contributed by atoms with E-state index in [1.54, 1.807) is 0 Å². The highest BCUT2D eigenvalue weighted by Gasteiger charge is 2.48. The minimum absolute atomic E-state index is 0.0861. The summed E-state index contributed by atoms with van der Waals surface area (Å²) in [4.78, 5) is 10.3. The number of hydrogen-bond acceptors (Lipinski definition) is 4. The molecule has 2 aromatic rings. The molecule has 30 heavy (non-hydrogen) atoms. The zero-order valence-electron chi connectivity index (χ0n) is 17.0. The van der Waals surface area contributed by atoms with Crippen molar-refractivity contribution < 1.29 is 9.47 Å². The van der Waals surface area contributed by atoms with Crippen molar-refractivity contribution in [2.45, 2.75) is 62.8 Å². The fraction of sp³-hybridized carbons (Fsp3) is 0.462. The number of fused-ring (bicyclic) bond motifs is 6. The van der Waals surface area contributed by atoms with Gasteiger partial charge in [0, 0.05) is 12.8 Å². The van der Waals surface area contributed by atoms with Crippen LogP contribution in [0.3, 0.4) is 0 Å². The van der Waals surface area contributed by atoms with Crippen LogP contribution in [0.1, 0.15) is 60.0 Å². The van der Waals surface area contributed by atoms with Gasteiger partial charge in [-0.1, -0.05) is 61.4 Å². The molecule has 7 rings (SSSR count). The molecule has 4 nitrogen and oxygen atoms in total. The Morgan fingerprint density at radius 2 is 1.20 bits per heavy atom. The fourth-order valence-corrected chi connectivity index (χ4v) is 6.34. The van der Waals surface area contributed by atoms with Crippen molar-refractivity contribution in [1.82, 2.24) is 0 Å². The van der Waals surface area contributed by atoms with Crippen molar-refractivity contribution in [3.8, 4) is 0 Å². The van der Waals surface area contributed by atoms with Crippen molar-refractivity contribution in [3.63, 3.8) is 0 Å². The van der Waals surface area contributed by atoms with E-state index >= 15 is 0 Å². The van der Waals surface area contributed by atoms with Crippen LogP contribution in [0.4, 0.5) is 0 Å². The summed E-state index contributed by atoms with van der Waals surface area (Å²) in [5.74, 6) is 2.39. The molecule has 1 saturated carbocycles. The Kier molecular flexibility index (Phi) is 3.67. The van der Waals surface area contributed by atoms with Crippen LogP contribution in [0.15, 0.2) is 58.5 Å². The quantitative estimate of drug-likeness (QED) is 0.732. The van der Waals surface area contributed by atoms with Crippen molar-refractivity contribution in [2.24, 2.45) is 21.8 Å². The molecule has 0 N–H and O–H groups in total. The predicted molar refractivity (Wildman–Crippen MR) is 116 cm³/mol. The Hall–Kier alpha value is -2.62. The van der Waals surface area contributed by atoms with Gasteiger partial charge in [-0.05, 0) is 41.0 Å². The number of hydrogen-bond donors (Lipinski definition) is 0. The van der Waals surface area contributed by atoms with E-state index in [4.69, 9.17) is 19.5 Å². The molecule has 4 heteroatoms. The van der Waals surface area contributed by atoms with Crippen molar-refractivity contribution >= 4 is 11.8 Å². The fourth-order valence-electron chi connectivity index (χ4n) is 6.34. The number of rotatable bonds is 3. The smallest absolute Gasteiger partial charge is 0.197 e. The first-order chi connectivity index (χ1) is 14.8. The first kappa shape index (κ1) is 17.1. The Labute approximate surface area is 177 Å². The molecule has 2 aliphatic heterocycles. The molecule has 0 saturated heterocycles. The molecule has 4 atom stereocenters. The van der Waals surface area contributed by atoms with Crippen LogP contribution in [0.2, 0.25) is 0 Å². The number of ether oxygens (including phenoxy) is 2. The SMILES string of the molecule is c1ccc2c(c1)C[C@@H]1OC(C(C3=N[C@@H]4c5ccccc5C[C@@H]4O3)C3CCCC3)=N[C@H]21. The molecule has 0 unspecified atom stereocenters. The highest BCUT2D eigenvalue weighted by molar-refractivity contribution is 6.02. The molecule has 0 amide bonds. The van der Waals surface area contributed by atoms with Crippen LogP contribution < -0.4 is 0 Å². The molecule has 5 aliphatic rings. The second-order valence-electron chi connectivity index (χ2n) is 9.47. The summed E-state index contributed by atoms with van der Waals surface area (Å²) >= 11 is 0. The summed E-state index contributed by atoms with van der Waals surface area (Å²) in [6.45, 7) is 0. The topological polar surface area (TPSA) is 43.2 Å². The van der Waals surface area contributed by atoms with Crippen molar-refractivity contribution in [2.75, 3.05) is 0 Å². The lowest BCUT2D eigenvalue weighted by Crippen LogP contribution is -2.33. The van der Waals surface area contributed by atoms with E-state index in [0.717, 1.165) is 24.6 Å². The van der Waals surface area contributed by atoms with E-state index in [9.17, 15) is 0 Å². The van der Waals surface area contributed by atoms with E-state index in [1.165, 1.54) is 47.9 Å². The zero-order valence-corrected chi connectivity index (χ0v) is 17.0. The van der Waals surface area contributed by atoms with E-state index in [-0.39, 0.29) is 30.2 Å². The molecule has 152 valence electrons. The lowest BCUT2D eigenvalue weighted by Gasteiger charge is -2.24. The summed E-state index contributed by atoms with van der Waals surface area (Å²) in [6, 6.07) is 17.6. The normalized spacial score (nSPS) is 31.0. The van der Waals surface area contributed by atoms with Crippen LogP contribution >= 0.6 is 0 Å². The van der Waals surface area contributed by atoms with Crippen LogP contribution in [0, 0.1) is 11.8 Å². The molecule has 3 aliphatic carbocycles. The van der Waals surface area contributed by atoms with Gasteiger partial charge < -0.3 is 9.47 Å². The molecule has 1 fully saturated rings. The van der Waals surface area contributed by atoms with Gasteiger partial charge in [0.05, 0.1) is 0 Å². The summed E-state index contributed by atoms with van der Waals surface area (Å²) in [7, 11) is 0. The monoisotopic (exact) mass is 398 g/mol. The maximum Gasteiger partial charge on any atom is 0.197 e. The third-order valence-electron chi connectivity index (χ3n) is 7.77. The molecule has 2 aromatic carbocycles. The average Bonchev–Trinajstić information content (AvgIpc) is 3.55. The van der Waals surface area contributed by atoms with Gasteiger partial charge in [-0.15, -0.1) is 0 Å². The third-order valence-corrected chi connectivity index (χ3v) is 7.77. The molecule has 2 heterocycles. The molecule has 0 aromatic heterocycles. The van der Waals surface area contributed by atoms with Gasteiger partial charge in [0.25, 0.3) is 0 Å². The van der Waals surface area contributed by atoms with E-state index in [2.05, 4.69) is 48.5 Å². The highest BCUT2D eigenvalue weighted by Crippen LogP contribution is 2.46. The lowest BCUT2D eigenvalue weighted by atomic mass is 9.90. The largest absolute Gasteiger partial charge is 0.474 e. The Morgan fingerprint density at radius 1 is 0.700 bits per heavy atom. The summed E-state index contributed by atoms with van der Waals surface area (Å²) in [6.07, 6.45) is 7.20. The highest BCUT2D eigenvalue weighted by atomic mass is 16.5. The maximum atomic E-state index is 6.54. The van der Waals surface area contributed by atoms with Gasteiger partial charge in [0.1, 0.15) is 30.2 Å². The maximum absolute atomic E-state index is 6.54. The molecular weight excluding hydrogens is 372 g/mol. The van der Waals surface area contributed by atoms with Crippen LogP contribution in [0.5, 0.6) is 0 Å². The summed E-state index contributed by atoms with van der Waals surface area (Å²) in [5, 5.41) is 0. The van der Waals surface area contributed by atoms with Gasteiger partial charge >= 0.3 is 0 Å². The molecule has 0 radical (unpaired) electrons. The summed E-state index contributed by atoms with van der Waals surface area (Å²) in [5.41, 5.74) is 5.44. The first-order valence-electron chi connectivity index (χ1n) is 11.5. The minimum Gasteiger partial charge on any atom is -0.474 e. The van der Waals surface area contributed by atoms with Gasteiger partial charge in [-0.2, -0.15) is 0 Å². The van der Waals surface area contributed by atoms with Crippen molar-refractivity contribution in [1.29, 1.82) is 0 Å². The Balaban J connectivity index is 1.25. The second-order valence-corrected chi connectivity index (χ2v) is 9.47. The van der Waals surface area contributed by atoms with E-state index < -0.39 is 0 Å². The predicted octanol–water partition coefficient (Wildman–Crippen LogP) is 4.98. The average molecular weight is 399 g/mol. The molecule has 0 bridgehead atoms. The molecular formula is C26H26N2O2. The number of benzene rings is 2. The van der Waals surface area contributed by atoms with Gasteiger partial charge in [-0.25, -0.2) is 9.98 Å². The van der Waals surface area contributed by atoms with Crippen LogP contribution in [0.25, 0.3) is 0 Å². The zero-order chi connectivity index (χ0) is 19.7. The van der Waals surface area contributed by atoms with Crippen LogP contribution in [-0.2, 0) is 22.3 Å². The summed E-state index contributed by atoms with van der Waals surface area (Å²) < 4.78 is 13.1. The number of nitrogens with zero attached hydrogens (tertiary/aromatic N) is 2. The third kappa shape index (κ3) is 2.46. The molecule has 0 spiro atoms. The second kappa shape index (κ2) is 6.44. The van der Waals surface area contributed by atoms with Crippen molar-refractivity contribution in [3.05, 3.63) is 70.8 Å². The first-order valence-corrected chi connectivity index (χ1v) is 11.5. The Morgan fingerprint density at radius 3 is 1.73 bits per heavy atom. The minimum atomic E-state index is 0.0861. The number of aliphatic imine (C=N–C) groups is 2. The van der Waals surface area contributed by atoms with E-state index in [0.29, 0.717) is 5.92 Å². The standard InChI is InChI=1S/C26H26N2O2/c1-2-8-15(7-1)22(25-27-23-18-11-5-3-9-16(18)13-20(23)29-25)26-28-24-19-12-6-4-10-17(19)14-21(24)30-26/h3-6,9-12,15,20-24H,1-2,7-8,13-14H2/t20-,21-,23+,24+/m0/s1. The van der Waals surface area contributed by atoms with Gasteiger partial charge in [0.15, 0.2) is 11.8 Å². The van der Waals surface area contributed by atoms with Gasteiger partial charge in [-0.3, -0.25) is 0 Å². The van der Waals surface area contributed by atoms with Gasteiger partial charge in [0.2, 0.25) is 0 Å². The Bertz CT molecular complexity index is 991. The van der Waals surface area contributed by atoms with E-state index in [1.807, 2.05) is 0 Å². The lowest BCUT2D eigenvalue weighted by molar-refractivity contribution is 0.173.